The lowest BCUT2D eigenvalue weighted by atomic mass is 10.1. The molecule has 1 aromatic carbocycles. The van der Waals surface area contributed by atoms with Gasteiger partial charge < -0.3 is 24.2 Å². The number of hydrogen-bond acceptors (Lipinski definition) is 5. The zero-order chi connectivity index (χ0) is 14.3. The molecule has 1 aromatic rings. The van der Waals surface area contributed by atoms with Crippen LogP contribution in [0.2, 0.25) is 0 Å². The van der Waals surface area contributed by atoms with Gasteiger partial charge in [0, 0.05) is 31.3 Å². The average molecular weight is 269 g/mol. The van der Waals surface area contributed by atoms with Crippen molar-refractivity contribution < 1.29 is 19.3 Å². The fourth-order valence-electron chi connectivity index (χ4n) is 1.93. The summed E-state index contributed by atoms with van der Waals surface area (Å²) in [5.74, 6) is 2.11. The number of ether oxygens (including phenoxy) is 3. The maximum absolute atomic E-state index is 8.84. The number of nitrogens with zero attached hydrogens (tertiary/aromatic N) is 1. The average Bonchev–Trinajstić information content (AvgIpc) is 2.44. The summed E-state index contributed by atoms with van der Waals surface area (Å²) in [6.07, 6.45) is 0.756. The Bertz CT molecular complexity index is 395. The van der Waals surface area contributed by atoms with Gasteiger partial charge in [0.15, 0.2) is 11.5 Å². The SMILES string of the molecule is COc1cc(OC)c(OC)cc1CN(C)CCCO. The minimum Gasteiger partial charge on any atom is -0.496 e. The standard InChI is InChI=1S/C14H23NO4/c1-15(6-5-7-16)10-11-8-13(18-3)14(19-4)9-12(11)17-2/h8-9,16H,5-7,10H2,1-4H3. The van der Waals surface area contributed by atoms with Gasteiger partial charge in [0.05, 0.1) is 21.3 Å². The Morgan fingerprint density at radius 1 is 1.00 bits per heavy atom. The fourth-order valence-corrected chi connectivity index (χ4v) is 1.93. The molecule has 0 aliphatic heterocycles. The maximum Gasteiger partial charge on any atom is 0.164 e. The molecule has 0 bridgehead atoms. The van der Waals surface area contributed by atoms with Crippen LogP contribution in [0.1, 0.15) is 12.0 Å². The van der Waals surface area contributed by atoms with Crippen molar-refractivity contribution in [3.63, 3.8) is 0 Å². The maximum atomic E-state index is 8.84. The van der Waals surface area contributed by atoms with Crippen LogP contribution in [-0.4, -0.2) is 51.5 Å². The van der Waals surface area contributed by atoms with Crippen LogP contribution in [0, 0.1) is 0 Å². The second-order valence-corrected chi connectivity index (χ2v) is 4.33. The van der Waals surface area contributed by atoms with E-state index in [1.54, 1.807) is 21.3 Å². The Kier molecular flexibility index (Phi) is 6.45. The highest BCUT2D eigenvalue weighted by atomic mass is 16.5. The Hall–Kier alpha value is -1.46. The van der Waals surface area contributed by atoms with Crippen LogP contribution in [0.5, 0.6) is 17.2 Å². The van der Waals surface area contributed by atoms with E-state index >= 15 is 0 Å². The smallest absolute Gasteiger partial charge is 0.164 e. The highest BCUT2D eigenvalue weighted by molar-refractivity contribution is 5.50. The van der Waals surface area contributed by atoms with Crippen LogP contribution >= 0.6 is 0 Å². The molecular weight excluding hydrogens is 246 g/mol. The van der Waals surface area contributed by atoms with E-state index in [0.717, 1.165) is 30.8 Å². The predicted octanol–water partition coefficient (Wildman–Crippen LogP) is 1.53. The molecular formula is C14H23NO4. The van der Waals surface area contributed by atoms with Crippen molar-refractivity contribution in [2.24, 2.45) is 0 Å². The summed E-state index contributed by atoms with van der Waals surface area (Å²) >= 11 is 0. The zero-order valence-corrected chi connectivity index (χ0v) is 12.1. The van der Waals surface area contributed by atoms with Crippen LogP contribution in [-0.2, 0) is 6.54 Å². The van der Waals surface area contributed by atoms with Gasteiger partial charge in [-0.1, -0.05) is 0 Å². The van der Waals surface area contributed by atoms with Crippen LogP contribution < -0.4 is 14.2 Å². The van der Waals surface area contributed by atoms with Gasteiger partial charge in [-0.3, -0.25) is 0 Å². The third-order valence-electron chi connectivity index (χ3n) is 2.92. The first-order valence-corrected chi connectivity index (χ1v) is 6.24. The molecule has 0 fully saturated rings. The Balaban J connectivity index is 2.92. The van der Waals surface area contributed by atoms with Gasteiger partial charge in [-0.05, 0) is 19.5 Å². The Morgan fingerprint density at radius 2 is 1.58 bits per heavy atom. The van der Waals surface area contributed by atoms with Crippen LogP contribution in [0.15, 0.2) is 12.1 Å². The summed E-state index contributed by atoms with van der Waals surface area (Å²) in [5.41, 5.74) is 1.03. The summed E-state index contributed by atoms with van der Waals surface area (Å²) in [6, 6.07) is 3.75. The molecule has 5 heteroatoms. The van der Waals surface area contributed by atoms with Crippen LogP contribution in [0.25, 0.3) is 0 Å². The summed E-state index contributed by atoms with van der Waals surface area (Å²) in [4.78, 5) is 2.12. The molecule has 0 radical (unpaired) electrons. The van der Waals surface area contributed by atoms with Gasteiger partial charge in [0.25, 0.3) is 0 Å². The van der Waals surface area contributed by atoms with Crippen molar-refractivity contribution in [1.82, 2.24) is 4.90 Å². The van der Waals surface area contributed by atoms with E-state index in [-0.39, 0.29) is 6.61 Å². The molecule has 0 heterocycles. The first-order valence-electron chi connectivity index (χ1n) is 6.24. The minimum absolute atomic E-state index is 0.202. The lowest BCUT2D eigenvalue weighted by molar-refractivity contribution is 0.242. The van der Waals surface area contributed by atoms with E-state index in [1.807, 2.05) is 19.2 Å². The fraction of sp³-hybridized carbons (Fsp3) is 0.571. The molecule has 0 atom stereocenters. The van der Waals surface area contributed by atoms with Gasteiger partial charge in [0.2, 0.25) is 0 Å². The van der Waals surface area contributed by atoms with Crippen molar-refractivity contribution in [2.45, 2.75) is 13.0 Å². The van der Waals surface area contributed by atoms with E-state index in [9.17, 15) is 0 Å². The van der Waals surface area contributed by atoms with Gasteiger partial charge in [-0.2, -0.15) is 0 Å². The molecule has 5 nitrogen and oxygen atoms in total. The van der Waals surface area contributed by atoms with Gasteiger partial charge >= 0.3 is 0 Å². The van der Waals surface area contributed by atoms with Crippen molar-refractivity contribution in [3.8, 4) is 17.2 Å². The topological polar surface area (TPSA) is 51.2 Å². The summed E-state index contributed by atoms with van der Waals surface area (Å²) < 4.78 is 15.9. The molecule has 19 heavy (non-hydrogen) atoms. The van der Waals surface area contributed by atoms with Crippen molar-refractivity contribution >= 4 is 0 Å². The van der Waals surface area contributed by atoms with E-state index in [0.29, 0.717) is 11.5 Å². The monoisotopic (exact) mass is 269 g/mol. The van der Waals surface area contributed by atoms with Crippen molar-refractivity contribution in [1.29, 1.82) is 0 Å². The van der Waals surface area contributed by atoms with Gasteiger partial charge in [-0.25, -0.2) is 0 Å². The highest BCUT2D eigenvalue weighted by Gasteiger charge is 2.13. The number of aliphatic hydroxyl groups excluding tert-OH is 1. The second-order valence-electron chi connectivity index (χ2n) is 4.33. The number of methoxy groups -OCH3 is 3. The molecule has 0 spiro atoms. The zero-order valence-electron chi connectivity index (χ0n) is 12.1. The molecule has 1 rings (SSSR count). The summed E-state index contributed by atoms with van der Waals surface area (Å²) in [7, 11) is 6.86. The quantitative estimate of drug-likeness (QED) is 0.775. The highest BCUT2D eigenvalue weighted by Crippen LogP contribution is 2.35. The minimum atomic E-state index is 0.202. The first kappa shape index (κ1) is 15.6. The number of aliphatic hydroxyl groups is 1. The normalized spacial score (nSPS) is 10.6. The molecule has 0 saturated heterocycles. The number of hydrogen-bond donors (Lipinski definition) is 1. The number of rotatable bonds is 8. The molecule has 0 amide bonds. The van der Waals surface area contributed by atoms with Crippen molar-refractivity contribution in [2.75, 3.05) is 41.5 Å². The molecule has 0 saturated carbocycles. The third kappa shape index (κ3) is 4.29. The van der Waals surface area contributed by atoms with Crippen LogP contribution in [0.3, 0.4) is 0 Å². The second kappa shape index (κ2) is 7.86. The lowest BCUT2D eigenvalue weighted by Gasteiger charge is -2.19. The number of benzene rings is 1. The molecule has 0 aliphatic rings. The summed E-state index contributed by atoms with van der Waals surface area (Å²) in [5, 5.41) is 8.84. The largest absolute Gasteiger partial charge is 0.496 e. The summed E-state index contributed by atoms with van der Waals surface area (Å²) in [6.45, 7) is 1.75. The van der Waals surface area contributed by atoms with E-state index in [1.165, 1.54) is 0 Å². The van der Waals surface area contributed by atoms with Gasteiger partial charge in [-0.15, -0.1) is 0 Å². The molecule has 108 valence electrons. The van der Waals surface area contributed by atoms with E-state index in [2.05, 4.69) is 4.90 Å². The molecule has 0 aromatic heterocycles. The Morgan fingerprint density at radius 3 is 2.11 bits per heavy atom. The molecule has 1 N–H and O–H groups in total. The van der Waals surface area contributed by atoms with E-state index in [4.69, 9.17) is 19.3 Å². The van der Waals surface area contributed by atoms with Gasteiger partial charge in [0.1, 0.15) is 5.75 Å². The lowest BCUT2D eigenvalue weighted by Crippen LogP contribution is -2.20. The van der Waals surface area contributed by atoms with Crippen molar-refractivity contribution in [3.05, 3.63) is 17.7 Å². The van der Waals surface area contributed by atoms with E-state index < -0.39 is 0 Å². The predicted molar refractivity (Wildman–Crippen MR) is 74.1 cm³/mol. The van der Waals surface area contributed by atoms with Crippen LogP contribution in [0.4, 0.5) is 0 Å². The third-order valence-corrected chi connectivity index (χ3v) is 2.92. The first-order chi connectivity index (χ1) is 9.15. The molecule has 0 aliphatic carbocycles. The molecule has 0 unspecified atom stereocenters. The Labute approximate surface area is 114 Å².